The molecule has 3 heterocycles. The second kappa shape index (κ2) is 24.1. The minimum absolute atomic E-state index is 0.0110. The molecule has 0 aliphatic heterocycles. The summed E-state index contributed by atoms with van der Waals surface area (Å²) in [5.41, 5.74) is 12.4. The van der Waals surface area contributed by atoms with Crippen LogP contribution in [-0.4, -0.2) is 65.2 Å². The Labute approximate surface area is 417 Å². The third-order valence-electron chi connectivity index (χ3n) is 15.3. The molecule has 70 heavy (non-hydrogen) atoms. The number of hydrogen-bond acceptors (Lipinski definition) is 6. The molecule has 3 amide bonds. The summed E-state index contributed by atoms with van der Waals surface area (Å²) in [4.78, 5) is 61.0. The molecule has 4 aliphatic carbocycles. The summed E-state index contributed by atoms with van der Waals surface area (Å²) in [5, 5.41) is 9.71. The number of nitrogens with zero attached hydrogens (tertiary/aromatic N) is 3. The molecule has 10 rings (SSSR count). The summed E-state index contributed by atoms with van der Waals surface area (Å²) in [7, 11) is 0. The molecule has 4 fully saturated rings. The molecule has 6 aromatic rings. The van der Waals surface area contributed by atoms with Crippen molar-refractivity contribution in [3.05, 3.63) is 87.3 Å². The van der Waals surface area contributed by atoms with E-state index in [4.69, 9.17) is 0 Å². The Morgan fingerprint density at radius 1 is 0.529 bits per heavy atom. The number of carbonyl (C=O) groups excluding carboxylic acids is 3. The number of hydrogen-bond donors (Lipinski definition) is 6. The molecular formula is C58H83N9O3. The molecular weight excluding hydrogens is 871 g/mol. The maximum atomic E-state index is 13.0. The zero-order valence-corrected chi connectivity index (χ0v) is 44.0. The topological polar surface area (TPSA) is 173 Å². The van der Waals surface area contributed by atoms with E-state index < -0.39 is 0 Å². The Kier molecular flexibility index (Phi) is 18.0. The Hall–Kier alpha value is -5.52. The molecule has 3 aromatic heterocycles. The number of aromatic nitrogens is 6. The van der Waals surface area contributed by atoms with Crippen molar-refractivity contribution in [1.29, 1.82) is 0 Å². The van der Waals surface area contributed by atoms with Crippen LogP contribution in [0.4, 0.5) is 0 Å². The van der Waals surface area contributed by atoms with Crippen molar-refractivity contribution < 1.29 is 14.4 Å². The van der Waals surface area contributed by atoms with E-state index in [0.717, 1.165) is 107 Å². The van der Waals surface area contributed by atoms with Crippen molar-refractivity contribution in [2.75, 3.05) is 0 Å². The molecule has 2 bridgehead atoms. The molecule has 3 aromatic carbocycles. The number of benzene rings is 3. The van der Waals surface area contributed by atoms with Gasteiger partial charge < -0.3 is 30.9 Å². The van der Waals surface area contributed by atoms with Gasteiger partial charge in [0.2, 0.25) is 0 Å². The lowest BCUT2D eigenvalue weighted by molar-refractivity contribution is 0.0592. The zero-order chi connectivity index (χ0) is 50.0. The average Bonchev–Trinajstić information content (AvgIpc) is 4.02. The Bertz CT molecular complexity index is 2710. The predicted molar refractivity (Wildman–Crippen MR) is 286 cm³/mol. The van der Waals surface area contributed by atoms with Gasteiger partial charge in [-0.2, -0.15) is 0 Å². The number of rotatable bonds is 7. The number of amides is 3. The first-order chi connectivity index (χ1) is 33.7. The van der Waals surface area contributed by atoms with Crippen LogP contribution >= 0.6 is 0 Å². The van der Waals surface area contributed by atoms with E-state index in [2.05, 4.69) is 105 Å². The van der Waals surface area contributed by atoms with E-state index in [-0.39, 0.29) is 23.3 Å². The zero-order valence-electron chi connectivity index (χ0n) is 44.0. The first-order valence-electron chi connectivity index (χ1n) is 27.1. The van der Waals surface area contributed by atoms with Gasteiger partial charge in [0.15, 0.2) is 17.5 Å². The molecule has 4 saturated carbocycles. The third kappa shape index (κ3) is 13.3. The van der Waals surface area contributed by atoms with Crippen LogP contribution in [0.5, 0.6) is 0 Å². The SMILES string of the molecule is CC.CCC1CC2CCCC(NC(=O)c3nc4c(C)cc(C)cc4[nH]3)(C1)C2.Cc1cc(C)c2nc(C(=O)NC3CCCCCC3)[nH]c2c1.Cc1cc(C)c2nc(C(=O)NC3CCCCCCC3)[nH]c2c1. The lowest BCUT2D eigenvalue weighted by atomic mass is 9.63. The van der Waals surface area contributed by atoms with Crippen LogP contribution in [0.1, 0.15) is 214 Å². The van der Waals surface area contributed by atoms with Crippen LogP contribution in [-0.2, 0) is 0 Å². The van der Waals surface area contributed by atoms with Crippen molar-refractivity contribution in [2.45, 2.75) is 208 Å². The van der Waals surface area contributed by atoms with Crippen molar-refractivity contribution in [2.24, 2.45) is 11.8 Å². The van der Waals surface area contributed by atoms with Crippen molar-refractivity contribution in [3.63, 3.8) is 0 Å². The number of carbonyl (C=O) groups is 3. The fourth-order valence-corrected chi connectivity index (χ4v) is 12.0. The van der Waals surface area contributed by atoms with Gasteiger partial charge in [0.1, 0.15) is 0 Å². The monoisotopic (exact) mass is 954 g/mol. The van der Waals surface area contributed by atoms with Gasteiger partial charge in [-0.05, 0) is 156 Å². The standard InChI is InChI=1S/C21H29N3O.C18H25N3O.C17H23N3O.C2H6/c1-4-15-10-16-6-5-7-21(11-15,12-16)24-20(25)19-22-17-9-13(2)8-14(3)18(17)23-19;1-12-10-13(2)16-15(11-12)20-17(21-16)18(22)19-14-8-6-4-3-5-7-9-14;1-11-9-12(2)15-14(10-11)19-16(20-15)17(21)18-13-7-5-3-4-6-8-13;1-2/h8-9,15-16H,4-7,10-12H2,1-3H3,(H,22,23)(H,24,25);10-11,14H,3-9H2,1-2H3,(H,19,22)(H,20,21);9-10,13H,3-8H2,1-2H3,(H,18,21)(H,19,20);1-2H3. The van der Waals surface area contributed by atoms with E-state index in [9.17, 15) is 14.4 Å². The summed E-state index contributed by atoms with van der Waals surface area (Å²) in [6.45, 7) is 18.6. The van der Waals surface area contributed by atoms with Crippen LogP contribution in [0.25, 0.3) is 33.1 Å². The van der Waals surface area contributed by atoms with Crippen LogP contribution in [0.2, 0.25) is 0 Å². The number of imidazole rings is 3. The number of H-pyrrole nitrogens is 3. The molecule has 12 heteroatoms. The highest BCUT2D eigenvalue weighted by atomic mass is 16.2. The van der Waals surface area contributed by atoms with E-state index in [1.54, 1.807) is 0 Å². The van der Waals surface area contributed by atoms with E-state index >= 15 is 0 Å². The molecule has 0 saturated heterocycles. The maximum Gasteiger partial charge on any atom is 0.287 e. The van der Waals surface area contributed by atoms with Gasteiger partial charge in [0.25, 0.3) is 17.7 Å². The predicted octanol–water partition coefficient (Wildman–Crippen LogP) is 13.3. The number of fused-ring (bicyclic) bond motifs is 5. The lowest BCUT2D eigenvalue weighted by Crippen LogP contribution is -2.55. The van der Waals surface area contributed by atoms with Crippen molar-refractivity contribution >= 4 is 50.8 Å². The minimum Gasteiger partial charge on any atom is -0.347 e. The summed E-state index contributed by atoms with van der Waals surface area (Å²) in [5.74, 6) is 2.68. The van der Waals surface area contributed by atoms with E-state index in [0.29, 0.717) is 29.6 Å². The number of aryl methyl sites for hydroxylation is 6. The highest BCUT2D eigenvalue weighted by Gasteiger charge is 2.44. The molecule has 6 N–H and O–H groups in total. The normalized spacial score (nSPS) is 20.9. The van der Waals surface area contributed by atoms with Gasteiger partial charge in [-0.1, -0.05) is 116 Å². The highest BCUT2D eigenvalue weighted by molar-refractivity contribution is 5.96. The smallest absolute Gasteiger partial charge is 0.287 e. The second-order valence-electron chi connectivity index (χ2n) is 21.3. The van der Waals surface area contributed by atoms with E-state index in [1.165, 1.54) is 100 Å². The molecule has 0 radical (unpaired) electrons. The maximum absolute atomic E-state index is 13.0. The Morgan fingerprint density at radius 3 is 1.31 bits per heavy atom. The molecule has 0 spiro atoms. The largest absolute Gasteiger partial charge is 0.347 e. The molecule has 3 atom stereocenters. The van der Waals surface area contributed by atoms with Gasteiger partial charge >= 0.3 is 0 Å². The first-order valence-corrected chi connectivity index (χ1v) is 27.1. The van der Waals surface area contributed by atoms with Gasteiger partial charge in [-0.25, -0.2) is 15.0 Å². The summed E-state index contributed by atoms with van der Waals surface area (Å²) >= 11 is 0. The molecule has 3 unspecified atom stereocenters. The lowest BCUT2D eigenvalue weighted by Gasteiger charge is -2.48. The summed E-state index contributed by atoms with van der Waals surface area (Å²) in [6.07, 6.45) is 24.2. The molecule has 378 valence electrons. The highest BCUT2D eigenvalue weighted by Crippen LogP contribution is 2.46. The van der Waals surface area contributed by atoms with Gasteiger partial charge in [-0.15, -0.1) is 0 Å². The van der Waals surface area contributed by atoms with Gasteiger partial charge in [-0.3, -0.25) is 14.4 Å². The Morgan fingerprint density at radius 2 is 0.914 bits per heavy atom. The first kappa shape index (κ1) is 52.3. The molecule has 4 aliphatic rings. The summed E-state index contributed by atoms with van der Waals surface area (Å²) < 4.78 is 0. The quantitative estimate of drug-likeness (QED) is 0.0869. The minimum atomic E-state index is -0.0739. The third-order valence-corrected chi connectivity index (χ3v) is 15.3. The molecule has 12 nitrogen and oxygen atoms in total. The van der Waals surface area contributed by atoms with Crippen LogP contribution in [0, 0.1) is 53.4 Å². The summed E-state index contributed by atoms with van der Waals surface area (Å²) in [6, 6.07) is 13.0. The van der Waals surface area contributed by atoms with Crippen molar-refractivity contribution in [3.8, 4) is 0 Å². The van der Waals surface area contributed by atoms with Crippen molar-refractivity contribution in [1.82, 2.24) is 45.9 Å². The Balaban J connectivity index is 0.000000153. The van der Waals surface area contributed by atoms with E-state index in [1.807, 2.05) is 39.8 Å². The number of nitrogens with one attached hydrogen (secondary N) is 6. The average molecular weight is 954 g/mol. The fraction of sp³-hybridized carbons (Fsp3) is 0.586. The van der Waals surface area contributed by atoms with Gasteiger partial charge in [0.05, 0.1) is 33.1 Å². The van der Waals surface area contributed by atoms with Crippen LogP contribution in [0.15, 0.2) is 36.4 Å². The fourth-order valence-electron chi connectivity index (χ4n) is 12.0. The van der Waals surface area contributed by atoms with Gasteiger partial charge in [0, 0.05) is 17.6 Å². The second-order valence-corrected chi connectivity index (χ2v) is 21.3. The van der Waals surface area contributed by atoms with Crippen LogP contribution < -0.4 is 16.0 Å². The number of aromatic amines is 3. The van der Waals surface area contributed by atoms with Crippen LogP contribution in [0.3, 0.4) is 0 Å².